The van der Waals surface area contributed by atoms with Crippen molar-refractivity contribution in [3.05, 3.63) is 48.6 Å². The average molecular weight is 258 g/mol. The van der Waals surface area contributed by atoms with E-state index < -0.39 is 0 Å². The maximum atomic E-state index is 2.99. The van der Waals surface area contributed by atoms with Gasteiger partial charge >= 0.3 is 27.6 Å². The summed E-state index contributed by atoms with van der Waals surface area (Å²) in [6, 6.07) is 0. The van der Waals surface area contributed by atoms with Crippen molar-refractivity contribution >= 4 is 0 Å². The van der Waals surface area contributed by atoms with Crippen LogP contribution in [0.1, 0.15) is 14.3 Å². The van der Waals surface area contributed by atoms with Crippen LogP contribution in [0.2, 0.25) is 0 Å². The van der Waals surface area contributed by atoms with Gasteiger partial charge in [0.1, 0.15) is 0 Å². The summed E-state index contributed by atoms with van der Waals surface area (Å²) in [5, 5.41) is 0. The van der Waals surface area contributed by atoms with E-state index in [2.05, 4.69) is 24.3 Å². The molecule has 2 aliphatic rings. The zero-order chi connectivity index (χ0) is 7.07. The molecule has 0 amide bonds. The van der Waals surface area contributed by atoms with Crippen molar-refractivity contribution < 1.29 is 40.0 Å². The minimum atomic E-state index is 0. The molecule has 0 aromatic carbocycles. The second kappa shape index (κ2) is 11.1. The van der Waals surface area contributed by atoms with Gasteiger partial charge in [0, 0.05) is 0 Å². The third kappa shape index (κ3) is 8.23. The molecule has 0 heterocycles. The molecule has 0 unspecified atom stereocenters. The number of allylic oxidation sites excluding steroid dienone is 8. The molecule has 0 radical (unpaired) electrons. The Morgan fingerprint density at radius 3 is 1.42 bits per heavy atom. The van der Waals surface area contributed by atoms with Crippen LogP contribution in [0.5, 0.6) is 0 Å². The summed E-state index contributed by atoms with van der Waals surface area (Å²) in [5.41, 5.74) is 0. The van der Waals surface area contributed by atoms with Gasteiger partial charge in [-0.15, -0.1) is 12.8 Å². The molecule has 0 N–H and O–H groups in total. The maximum Gasteiger partial charge on any atom is 4.00 e. The summed E-state index contributed by atoms with van der Waals surface area (Å²) in [6.07, 6.45) is 20.0. The number of halogens is 1. The molecule has 0 aromatic heterocycles. The van der Waals surface area contributed by atoms with Gasteiger partial charge in [0.15, 0.2) is 0 Å². The van der Waals surface area contributed by atoms with E-state index in [9.17, 15) is 0 Å². The van der Waals surface area contributed by atoms with E-state index in [0.717, 1.165) is 12.8 Å². The zero-order valence-corrected chi connectivity index (χ0v) is 9.97. The van der Waals surface area contributed by atoms with Gasteiger partial charge in [-0.3, -0.25) is 12.2 Å². The smallest absolute Gasteiger partial charge is 1.00 e. The van der Waals surface area contributed by atoms with Crippen LogP contribution in [0.25, 0.3) is 0 Å². The van der Waals surface area contributed by atoms with E-state index in [1.807, 2.05) is 24.3 Å². The minimum absolute atomic E-state index is 0. The van der Waals surface area contributed by atoms with Crippen LogP contribution >= 0.6 is 0 Å². The van der Waals surface area contributed by atoms with Crippen LogP contribution in [0.15, 0.2) is 36.5 Å². The van der Waals surface area contributed by atoms with Gasteiger partial charge in [-0.1, -0.05) is 0 Å². The number of hydrogen-bond donors (Lipinski definition) is 0. The van der Waals surface area contributed by atoms with Gasteiger partial charge < -0.3 is 12.4 Å². The summed E-state index contributed by atoms with van der Waals surface area (Å²) in [6.45, 7) is 0. The predicted molar refractivity (Wildman–Crippen MR) is 44.3 cm³/mol. The van der Waals surface area contributed by atoms with Crippen molar-refractivity contribution in [1.29, 1.82) is 0 Å². The fourth-order valence-corrected chi connectivity index (χ4v) is 0.680. The van der Waals surface area contributed by atoms with Crippen LogP contribution < -0.4 is 12.4 Å². The zero-order valence-electron chi connectivity index (χ0n) is 7.76. The van der Waals surface area contributed by atoms with Crippen molar-refractivity contribution in [2.24, 2.45) is 0 Å². The van der Waals surface area contributed by atoms with Gasteiger partial charge in [0.2, 0.25) is 0 Å². The third-order valence-corrected chi connectivity index (χ3v) is 1.17. The number of hydrogen-bond acceptors (Lipinski definition) is 0. The van der Waals surface area contributed by atoms with E-state index in [4.69, 9.17) is 0 Å². The summed E-state index contributed by atoms with van der Waals surface area (Å²) < 4.78 is 0. The quantitative estimate of drug-likeness (QED) is 0.524. The Morgan fingerprint density at radius 1 is 0.917 bits per heavy atom. The number of rotatable bonds is 0. The standard InChI is InChI=1S/2C5H5.ClH.Zr/c2*1-2-4-5-3-1;;/h2*1-3H,4H2;1H;/q2*-1;;+4. The van der Waals surface area contributed by atoms with E-state index in [-0.39, 0.29) is 40.0 Å². The van der Waals surface area contributed by atoms with Crippen LogP contribution in [-0.4, -0.2) is 0 Å². The van der Waals surface area contributed by atoms with Gasteiger partial charge in [0.05, 0.1) is 0 Å². The Labute approximate surface area is 101 Å². The van der Waals surface area contributed by atoms with Crippen molar-refractivity contribution in [3.63, 3.8) is 0 Å². The molecule has 0 bridgehead atoms. The minimum Gasteiger partial charge on any atom is -1.00 e. The van der Waals surface area contributed by atoms with E-state index in [1.54, 1.807) is 0 Å². The normalized spacial score (nSPS) is 14.7. The molecule has 0 spiro atoms. The summed E-state index contributed by atoms with van der Waals surface area (Å²) >= 11 is 0. The molecule has 0 aliphatic heterocycles. The van der Waals surface area contributed by atoms with Crippen LogP contribution in [0, 0.1) is 12.2 Å². The van der Waals surface area contributed by atoms with Crippen LogP contribution in [-0.2, 0) is 26.2 Å². The fraction of sp³-hybridized carbons (Fsp3) is 0.200. The second-order valence-electron chi connectivity index (χ2n) is 2.01. The Kier molecular flexibility index (Phi) is 13.6. The third-order valence-electron chi connectivity index (χ3n) is 1.17. The van der Waals surface area contributed by atoms with Crippen molar-refractivity contribution in [3.8, 4) is 0 Å². The summed E-state index contributed by atoms with van der Waals surface area (Å²) in [5.74, 6) is 0. The first-order valence-corrected chi connectivity index (χ1v) is 3.43. The van der Waals surface area contributed by atoms with Gasteiger partial charge in [-0.2, -0.15) is 12.2 Å². The molecular formula is C10H11ClZr+2. The van der Waals surface area contributed by atoms with Gasteiger partial charge in [0.25, 0.3) is 0 Å². The Bertz CT molecular complexity index is 153. The van der Waals surface area contributed by atoms with Crippen molar-refractivity contribution in [1.82, 2.24) is 0 Å². The maximum absolute atomic E-state index is 2.99. The molecular weight excluding hydrogens is 247 g/mol. The molecule has 0 nitrogen and oxygen atoms in total. The molecule has 0 atom stereocenters. The van der Waals surface area contributed by atoms with Crippen LogP contribution in [0.4, 0.5) is 0 Å². The second-order valence-corrected chi connectivity index (χ2v) is 2.01. The summed E-state index contributed by atoms with van der Waals surface area (Å²) in [4.78, 5) is 0. The summed E-state index contributed by atoms with van der Waals surface area (Å²) in [7, 11) is 0. The molecule has 0 fully saturated rings. The van der Waals surface area contributed by atoms with E-state index in [0.29, 0.717) is 0 Å². The van der Waals surface area contributed by atoms with E-state index in [1.165, 1.54) is 0 Å². The monoisotopic (exact) mass is 256 g/mol. The van der Waals surface area contributed by atoms with Crippen molar-refractivity contribution in [2.75, 3.05) is 0 Å². The molecule has 0 saturated heterocycles. The molecule has 12 heavy (non-hydrogen) atoms. The first-order valence-electron chi connectivity index (χ1n) is 3.43. The van der Waals surface area contributed by atoms with Crippen LogP contribution in [0.3, 0.4) is 0 Å². The fourth-order valence-electron chi connectivity index (χ4n) is 0.680. The first kappa shape index (κ1) is 14.6. The molecule has 0 saturated carbocycles. The Morgan fingerprint density at radius 2 is 1.33 bits per heavy atom. The predicted octanol–water partition coefficient (Wildman–Crippen LogP) is -0.275. The molecule has 0 aromatic rings. The molecule has 2 heteroatoms. The largest absolute Gasteiger partial charge is 4.00 e. The Hall–Kier alpha value is 0.133. The first-order chi connectivity index (χ1) is 5.00. The molecule has 60 valence electrons. The Balaban J connectivity index is -0.000000125. The SMILES string of the molecule is [C-]1=CC=CC1.[C-]1=CC=CC1.[Cl-].[H+].[Zr+4]. The molecule has 2 aliphatic carbocycles. The average Bonchev–Trinajstić information content (AvgIpc) is 2.67. The van der Waals surface area contributed by atoms with Crippen molar-refractivity contribution in [2.45, 2.75) is 12.8 Å². The topological polar surface area (TPSA) is 0 Å². The molecule has 2 rings (SSSR count). The van der Waals surface area contributed by atoms with E-state index >= 15 is 0 Å². The van der Waals surface area contributed by atoms with Gasteiger partial charge in [-0.25, -0.2) is 24.3 Å². The van der Waals surface area contributed by atoms with Gasteiger partial charge in [-0.05, 0) is 0 Å².